The summed E-state index contributed by atoms with van der Waals surface area (Å²) in [4.78, 5) is 0. The van der Waals surface area contributed by atoms with E-state index >= 15 is 0 Å². The standard InChI is InChI=1S/C40H38Si/c1-29-21-25-33(26-22-29)38-36(31-15-9-6-10-16-31)37(32-17-11-7-12-18-32)39(34-27-23-30(2)24-28-34)41(38,40(3,4)5)35-19-13-8-14-20-35/h6-28H,1-5H3. The smallest absolute Gasteiger partial charge is 0.0624 e. The third-order valence-corrected chi connectivity index (χ3v) is 14.7. The first-order valence-corrected chi connectivity index (χ1v) is 16.6. The molecular weight excluding hydrogens is 509 g/mol. The Morgan fingerprint density at radius 3 is 1.07 bits per heavy atom. The molecule has 0 atom stereocenters. The van der Waals surface area contributed by atoms with Gasteiger partial charge >= 0.3 is 0 Å². The zero-order valence-corrected chi connectivity index (χ0v) is 25.8. The number of benzene rings is 5. The summed E-state index contributed by atoms with van der Waals surface area (Å²) < 4.78 is 0. The van der Waals surface area contributed by atoms with Crippen molar-refractivity contribution in [1.29, 1.82) is 0 Å². The molecule has 0 saturated heterocycles. The van der Waals surface area contributed by atoms with Crippen LogP contribution in [0.25, 0.3) is 21.5 Å². The van der Waals surface area contributed by atoms with Crippen molar-refractivity contribution < 1.29 is 0 Å². The topological polar surface area (TPSA) is 0 Å². The van der Waals surface area contributed by atoms with Gasteiger partial charge in [-0.05, 0) is 67.9 Å². The predicted molar refractivity (Wildman–Crippen MR) is 180 cm³/mol. The molecule has 5 aromatic rings. The van der Waals surface area contributed by atoms with Gasteiger partial charge in [-0.15, -0.1) is 0 Å². The molecular formula is C40H38Si. The summed E-state index contributed by atoms with van der Waals surface area (Å²) in [6, 6.07) is 52.2. The van der Waals surface area contributed by atoms with Crippen molar-refractivity contribution >= 4 is 34.8 Å². The molecule has 1 heteroatoms. The van der Waals surface area contributed by atoms with E-state index in [1.54, 1.807) is 0 Å². The normalized spacial score (nSPS) is 15.0. The fraction of sp³-hybridized carbons (Fsp3) is 0.150. The average Bonchev–Trinajstić information content (AvgIpc) is 3.32. The molecule has 0 spiro atoms. The van der Waals surface area contributed by atoms with Gasteiger partial charge in [-0.3, -0.25) is 0 Å². The molecule has 0 bridgehead atoms. The van der Waals surface area contributed by atoms with Crippen LogP contribution in [0.5, 0.6) is 0 Å². The van der Waals surface area contributed by atoms with Crippen molar-refractivity contribution in [3.05, 3.63) is 173 Å². The Morgan fingerprint density at radius 2 is 0.732 bits per heavy atom. The van der Waals surface area contributed by atoms with Crippen molar-refractivity contribution in [2.75, 3.05) is 0 Å². The fourth-order valence-corrected chi connectivity index (χ4v) is 13.2. The second kappa shape index (κ2) is 10.6. The van der Waals surface area contributed by atoms with E-state index in [0.717, 1.165) is 0 Å². The lowest BCUT2D eigenvalue weighted by Gasteiger charge is -2.45. The Hall–Kier alpha value is -4.20. The molecule has 6 rings (SSSR count). The van der Waals surface area contributed by atoms with E-state index in [4.69, 9.17) is 0 Å². The molecule has 0 nitrogen and oxygen atoms in total. The van der Waals surface area contributed by atoms with Gasteiger partial charge in [0.05, 0.1) is 0 Å². The van der Waals surface area contributed by atoms with E-state index in [9.17, 15) is 0 Å². The summed E-state index contributed by atoms with van der Waals surface area (Å²) >= 11 is 0. The van der Waals surface area contributed by atoms with E-state index in [1.165, 1.54) is 60.1 Å². The molecule has 0 amide bonds. The van der Waals surface area contributed by atoms with Crippen molar-refractivity contribution in [2.45, 2.75) is 39.7 Å². The zero-order chi connectivity index (χ0) is 28.6. The molecule has 1 heterocycles. The third-order valence-electron chi connectivity index (χ3n) is 8.64. The molecule has 41 heavy (non-hydrogen) atoms. The highest BCUT2D eigenvalue weighted by Gasteiger charge is 2.58. The third kappa shape index (κ3) is 4.55. The zero-order valence-electron chi connectivity index (χ0n) is 24.8. The Morgan fingerprint density at radius 1 is 0.390 bits per heavy atom. The monoisotopic (exact) mass is 546 g/mol. The van der Waals surface area contributed by atoms with Crippen molar-refractivity contribution in [3.8, 4) is 0 Å². The molecule has 0 unspecified atom stereocenters. The van der Waals surface area contributed by atoms with Crippen molar-refractivity contribution in [3.63, 3.8) is 0 Å². The molecule has 0 aliphatic carbocycles. The van der Waals surface area contributed by atoms with Crippen LogP contribution in [0.4, 0.5) is 0 Å². The molecule has 202 valence electrons. The summed E-state index contributed by atoms with van der Waals surface area (Å²) in [5.41, 5.74) is 10.5. The molecule has 0 radical (unpaired) electrons. The minimum absolute atomic E-state index is 0.0364. The maximum atomic E-state index is 2.48. The molecule has 0 fully saturated rings. The van der Waals surface area contributed by atoms with Gasteiger partial charge in [0, 0.05) is 0 Å². The Labute approximate surface area is 246 Å². The summed E-state index contributed by atoms with van der Waals surface area (Å²) in [5, 5.41) is 4.44. The summed E-state index contributed by atoms with van der Waals surface area (Å²) in [6.07, 6.45) is 0. The molecule has 1 aliphatic rings. The largest absolute Gasteiger partial charge is 0.156 e. The first-order valence-electron chi connectivity index (χ1n) is 14.6. The second-order valence-electron chi connectivity index (χ2n) is 12.3. The highest BCUT2D eigenvalue weighted by atomic mass is 28.3. The van der Waals surface area contributed by atoms with Crippen LogP contribution in [0.3, 0.4) is 0 Å². The van der Waals surface area contributed by atoms with Gasteiger partial charge in [-0.2, -0.15) is 0 Å². The number of aryl methyl sites for hydroxylation is 2. The highest BCUT2D eigenvalue weighted by Crippen LogP contribution is 2.62. The van der Waals surface area contributed by atoms with Crippen LogP contribution in [-0.4, -0.2) is 8.07 Å². The predicted octanol–water partition coefficient (Wildman–Crippen LogP) is 10.1. The summed E-state index contributed by atoms with van der Waals surface area (Å²) in [5.74, 6) is 0. The van der Waals surface area contributed by atoms with Gasteiger partial charge in [0.15, 0.2) is 8.07 Å². The lowest BCUT2D eigenvalue weighted by atomic mass is 9.89. The van der Waals surface area contributed by atoms with Crippen LogP contribution in [0.1, 0.15) is 54.2 Å². The minimum atomic E-state index is -2.72. The summed E-state index contributed by atoms with van der Waals surface area (Å²) in [7, 11) is -2.72. The van der Waals surface area contributed by atoms with E-state index in [-0.39, 0.29) is 5.04 Å². The van der Waals surface area contributed by atoms with Crippen LogP contribution in [0.2, 0.25) is 5.04 Å². The van der Waals surface area contributed by atoms with Gasteiger partial charge in [0.2, 0.25) is 0 Å². The minimum Gasteiger partial charge on any atom is -0.0624 e. The second-order valence-corrected chi connectivity index (χ2v) is 16.9. The van der Waals surface area contributed by atoms with Crippen LogP contribution in [0.15, 0.2) is 140 Å². The van der Waals surface area contributed by atoms with E-state index in [0.29, 0.717) is 0 Å². The van der Waals surface area contributed by atoms with E-state index < -0.39 is 8.07 Å². The van der Waals surface area contributed by atoms with Crippen LogP contribution < -0.4 is 5.19 Å². The van der Waals surface area contributed by atoms with Crippen molar-refractivity contribution in [2.24, 2.45) is 0 Å². The number of allylic oxidation sites excluding steroid dienone is 2. The maximum absolute atomic E-state index is 2.72. The average molecular weight is 547 g/mol. The molecule has 0 saturated carbocycles. The van der Waals surface area contributed by atoms with Gasteiger partial charge < -0.3 is 0 Å². The molecule has 0 N–H and O–H groups in total. The van der Waals surface area contributed by atoms with E-state index in [2.05, 4.69) is 174 Å². The molecule has 0 aromatic heterocycles. The van der Waals surface area contributed by atoms with Gasteiger partial charge in [-0.1, -0.05) is 171 Å². The van der Waals surface area contributed by atoms with Gasteiger partial charge in [0.25, 0.3) is 0 Å². The number of hydrogen-bond acceptors (Lipinski definition) is 0. The Bertz CT molecular complexity index is 1610. The van der Waals surface area contributed by atoms with E-state index in [1.807, 2.05) is 0 Å². The van der Waals surface area contributed by atoms with Crippen molar-refractivity contribution in [1.82, 2.24) is 0 Å². The van der Waals surface area contributed by atoms with Gasteiger partial charge in [0.1, 0.15) is 0 Å². The highest BCUT2D eigenvalue weighted by molar-refractivity contribution is 7.23. The number of hydrogen-bond donors (Lipinski definition) is 0. The van der Waals surface area contributed by atoms with Crippen LogP contribution in [0, 0.1) is 13.8 Å². The Balaban J connectivity index is 1.90. The molecule has 5 aromatic carbocycles. The van der Waals surface area contributed by atoms with Gasteiger partial charge in [-0.25, -0.2) is 0 Å². The number of rotatable bonds is 5. The Kier molecular flexibility index (Phi) is 7.01. The first-order chi connectivity index (χ1) is 19.8. The SMILES string of the molecule is Cc1ccc(C2=C(c3ccccc3)C(c3ccccc3)=C(c3ccc(C)cc3)[Si]2(c2ccccc2)C(C)(C)C)cc1. The van der Waals surface area contributed by atoms with Crippen LogP contribution in [-0.2, 0) is 0 Å². The lowest BCUT2D eigenvalue weighted by molar-refractivity contribution is 0.741. The summed E-state index contributed by atoms with van der Waals surface area (Å²) in [6.45, 7) is 11.8. The van der Waals surface area contributed by atoms with Crippen LogP contribution >= 0.6 is 0 Å². The molecule has 1 aliphatic heterocycles. The maximum Gasteiger partial charge on any atom is 0.156 e. The fourth-order valence-electron chi connectivity index (χ4n) is 6.86. The first kappa shape index (κ1) is 27.0. The quantitative estimate of drug-likeness (QED) is 0.192. The lowest BCUT2D eigenvalue weighted by Crippen LogP contribution is -2.56.